The molecular weight excluding hydrogens is 394 g/mol. The standard InChI is InChI=1S/C22H16ClNO5/c23-15-8-6-13(7-9-15)20(26)18-19(14-3-1-4-16(25)11-14)24(22(28)21(18)27)12-17-5-2-10-29-17/h1-11,19,25-26H,12H2/b20-18+/t19-/m0/s1. The van der Waals surface area contributed by atoms with E-state index in [0.29, 0.717) is 21.9 Å². The smallest absolute Gasteiger partial charge is 0.296 e. The number of phenolic OH excluding ortho intramolecular Hbond substituents is 1. The number of rotatable bonds is 4. The van der Waals surface area contributed by atoms with Crippen molar-refractivity contribution in [3.63, 3.8) is 0 Å². The maximum atomic E-state index is 12.9. The van der Waals surface area contributed by atoms with Crippen molar-refractivity contribution >= 4 is 29.1 Å². The Morgan fingerprint density at radius 3 is 2.48 bits per heavy atom. The van der Waals surface area contributed by atoms with Crippen molar-refractivity contribution in [2.24, 2.45) is 0 Å². The third-order valence-electron chi connectivity index (χ3n) is 4.75. The molecule has 1 fully saturated rings. The summed E-state index contributed by atoms with van der Waals surface area (Å²) < 4.78 is 5.33. The van der Waals surface area contributed by atoms with Gasteiger partial charge >= 0.3 is 0 Å². The summed E-state index contributed by atoms with van der Waals surface area (Å²) in [6.45, 7) is 0.0370. The highest BCUT2D eigenvalue weighted by Crippen LogP contribution is 2.41. The molecular formula is C22H16ClNO5. The van der Waals surface area contributed by atoms with Gasteiger partial charge in [-0.3, -0.25) is 9.59 Å². The number of hydrogen-bond acceptors (Lipinski definition) is 5. The second kappa shape index (κ2) is 7.48. The number of benzene rings is 2. The van der Waals surface area contributed by atoms with Gasteiger partial charge in [0.05, 0.1) is 24.4 Å². The molecule has 0 radical (unpaired) electrons. The molecule has 7 heteroatoms. The zero-order chi connectivity index (χ0) is 20.5. The van der Waals surface area contributed by atoms with Crippen LogP contribution >= 0.6 is 11.6 Å². The van der Waals surface area contributed by atoms with Crippen LogP contribution in [0.1, 0.15) is 22.9 Å². The summed E-state index contributed by atoms with van der Waals surface area (Å²) >= 11 is 5.91. The van der Waals surface area contributed by atoms with E-state index in [4.69, 9.17) is 16.0 Å². The largest absolute Gasteiger partial charge is 0.508 e. The maximum absolute atomic E-state index is 12.9. The molecule has 6 nitrogen and oxygen atoms in total. The van der Waals surface area contributed by atoms with Crippen molar-refractivity contribution in [2.75, 3.05) is 0 Å². The normalized spacial score (nSPS) is 18.4. The molecule has 0 unspecified atom stereocenters. The van der Waals surface area contributed by atoms with Gasteiger partial charge in [0, 0.05) is 10.6 Å². The van der Waals surface area contributed by atoms with Gasteiger partial charge in [-0.1, -0.05) is 23.7 Å². The van der Waals surface area contributed by atoms with Crippen LogP contribution in [0.25, 0.3) is 5.76 Å². The lowest BCUT2D eigenvalue weighted by Gasteiger charge is -2.24. The van der Waals surface area contributed by atoms with Crippen molar-refractivity contribution in [2.45, 2.75) is 12.6 Å². The summed E-state index contributed by atoms with van der Waals surface area (Å²) in [6, 6.07) is 15.0. The molecule has 0 spiro atoms. The highest BCUT2D eigenvalue weighted by Gasteiger charge is 2.46. The maximum Gasteiger partial charge on any atom is 0.296 e. The highest BCUT2D eigenvalue weighted by atomic mass is 35.5. The second-order valence-corrected chi connectivity index (χ2v) is 7.04. The zero-order valence-electron chi connectivity index (χ0n) is 15.1. The Morgan fingerprint density at radius 1 is 1.07 bits per heavy atom. The molecule has 0 saturated carbocycles. The molecule has 2 heterocycles. The van der Waals surface area contributed by atoms with Crippen molar-refractivity contribution in [1.29, 1.82) is 0 Å². The van der Waals surface area contributed by atoms with E-state index in [2.05, 4.69) is 0 Å². The minimum Gasteiger partial charge on any atom is -0.508 e. The fourth-order valence-corrected chi connectivity index (χ4v) is 3.54. The molecule has 0 aliphatic carbocycles. The first-order chi connectivity index (χ1) is 14.0. The Morgan fingerprint density at radius 2 is 1.83 bits per heavy atom. The number of furan rings is 1. The predicted octanol–water partition coefficient (Wildman–Crippen LogP) is 4.26. The molecule has 3 aromatic rings. The molecule has 1 aliphatic rings. The number of hydrogen-bond donors (Lipinski definition) is 2. The van der Waals surface area contributed by atoms with Crippen LogP contribution in [0.3, 0.4) is 0 Å². The summed E-state index contributed by atoms with van der Waals surface area (Å²) in [5, 5.41) is 21.3. The predicted molar refractivity (Wildman–Crippen MR) is 106 cm³/mol. The molecule has 146 valence electrons. The molecule has 1 atom stereocenters. The van der Waals surface area contributed by atoms with E-state index >= 15 is 0 Å². The van der Waals surface area contributed by atoms with Crippen LogP contribution in [0.4, 0.5) is 0 Å². The first-order valence-electron chi connectivity index (χ1n) is 8.81. The van der Waals surface area contributed by atoms with E-state index < -0.39 is 17.7 Å². The monoisotopic (exact) mass is 409 g/mol. The van der Waals surface area contributed by atoms with E-state index in [1.165, 1.54) is 23.3 Å². The SMILES string of the molecule is O=C1C(=O)N(Cc2ccco2)[C@@H](c2cccc(O)c2)/C1=C(\O)c1ccc(Cl)cc1. The molecule has 0 bridgehead atoms. The number of halogens is 1. The fraction of sp³-hybridized carbons (Fsp3) is 0.0909. The third-order valence-corrected chi connectivity index (χ3v) is 5.00. The molecule has 2 N–H and O–H groups in total. The zero-order valence-corrected chi connectivity index (χ0v) is 15.8. The van der Waals surface area contributed by atoms with Gasteiger partial charge < -0.3 is 19.5 Å². The number of carbonyl (C=O) groups is 2. The molecule has 1 saturated heterocycles. The molecule has 4 rings (SSSR count). The fourth-order valence-electron chi connectivity index (χ4n) is 3.42. The van der Waals surface area contributed by atoms with Crippen molar-refractivity contribution in [3.8, 4) is 5.75 Å². The minimum absolute atomic E-state index is 0.0161. The van der Waals surface area contributed by atoms with E-state index in [0.717, 1.165) is 0 Å². The summed E-state index contributed by atoms with van der Waals surface area (Å²) in [5.74, 6) is -1.40. The van der Waals surface area contributed by atoms with E-state index in [1.807, 2.05) is 0 Å². The Bertz CT molecular complexity index is 1100. The van der Waals surface area contributed by atoms with Gasteiger partial charge in [-0.25, -0.2) is 0 Å². The number of likely N-dealkylation sites (tertiary alicyclic amines) is 1. The van der Waals surface area contributed by atoms with Crippen LogP contribution < -0.4 is 0 Å². The lowest BCUT2D eigenvalue weighted by molar-refractivity contribution is -0.140. The number of aliphatic hydroxyl groups excluding tert-OH is 1. The van der Waals surface area contributed by atoms with Gasteiger partial charge in [0.25, 0.3) is 11.7 Å². The van der Waals surface area contributed by atoms with Crippen LogP contribution in [0, 0.1) is 0 Å². The molecule has 1 aromatic heterocycles. The number of ketones is 1. The van der Waals surface area contributed by atoms with Gasteiger partial charge in [-0.05, 0) is 54.1 Å². The van der Waals surface area contributed by atoms with Gasteiger partial charge in [0.1, 0.15) is 17.3 Å². The van der Waals surface area contributed by atoms with Gasteiger partial charge in [-0.2, -0.15) is 0 Å². The van der Waals surface area contributed by atoms with Gasteiger partial charge in [0.2, 0.25) is 0 Å². The van der Waals surface area contributed by atoms with Crippen LogP contribution in [-0.4, -0.2) is 26.8 Å². The summed E-state index contributed by atoms with van der Waals surface area (Å²) in [4.78, 5) is 27.0. The van der Waals surface area contributed by atoms with Crippen LogP contribution in [-0.2, 0) is 16.1 Å². The first-order valence-corrected chi connectivity index (χ1v) is 9.19. The lowest BCUT2D eigenvalue weighted by atomic mass is 9.95. The van der Waals surface area contributed by atoms with Crippen molar-refractivity contribution in [1.82, 2.24) is 4.90 Å². The van der Waals surface area contributed by atoms with E-state index in [-0.39, 0.29) is 23.6 Å². The van der Waals surface area contributed by atoms with Crippen molar-refractivity contribution in [3.05, 3.63) is 94.4 Å². The minimum atomic E-state index is -0.886. The Kier molecular flexibility index (Phi) is 4.86. The number of Topliss-reactive ketones (excluding diaryl/α,β-unsaturated/α-hetero) is 1. The molecule has 2 aromatic carbocycles. The Hall–Kier alpha value is -3.51. The summed E-state index contributed by atoms with van der Waals surface area (Å²) in [7, 11) is 0. The quantitative estimate of drug-likeness (QED) is 0.381. The van der Waals surface area contributed by atoms with Crippen molar-refractivity contribution < 1.29 is 24.2 Å². The third kappa shape index (κ3) is 3.50. The molecule has 29 heavy (non-hydrogen) atoms. The van der Waals surface area contributed by atoms with Crippen LogP contribution in [0.15, 0.2) is 76.9 Å². The average Bonchev–Trinajstić information content (AvgIpc) is 3.30. The molecule has 1 amide bonds. The number of nitrogens with zero attached hydrogens (tertiary/aromatic N) is 1. The number of aliphatic hydroxyl groups is 1. The Labute approximate surface area is 171 Å². The van der Waals surface area contributed by atoms with Crippen LogP contribution in [0.2, 0.25) is 5.02 Å². The number of aromatic hydroxyl groups is 1. The average molecular weight is 410 g/mol. The number of amides is 1. The van der Waals surface area contributed by atoms with E-state index in [1.54, 1.807) is 48.5 Å². The molecule has 1 aliphatic heterocycles. The Balaban J connectivity index is 1.87. The van der Waals surface area contributed by atoms with Gasteiger partial charge in [0.15, 0.2) is 0 Å². The first kappa shape index (κ1) is 18.8. The van der Waals surface area contributed by atoms with E-state index in [9.17, 15) is 19.8 Å². The lowest BCUT2D eigenvalue weighted by Crippen LogP contribution is -2.29. The summed E-state index contributed by atoms with van der Waals surface area (Å²) in [6.07, 6.45) is 1.48. The second-order valence-electron chi connectivity index (χ2n) is 6.61. The number of phenols is 1. The topological polar surface area (TPSA) is 91.0 Å². The van der Waals surface area contributed by atoms with Gasteiger partial charge in [-0.15, -0.1) is 0 Å². The highest BCUT2D eigenvalue weighted by molar-refractivity contribution is 6.46. The summed E-state index contributed by atoms with van der Waals surface area (Å²) in [5.41, 5.74) is 0.788. The number of carbonyl (C=O) groups excluding carboxylic acids is 2. The van der Waals surface area contributed by atoms with Crippen LogP contribution in [0.5, 0.6) is 5.75 Å².